The molecule has 0 radical (unpaired) electrons. The van der Waals surface area contributed by atoms with Crippen LogP contribution in [0.4, 0.5) is 0 Å². The number of carbonyl (C=O) groups is 2. The number of piperidine rings is 1. The minimum atomic E-state index is -0.704. The van der Waals surface area contributed by atoms with Gasteiger partial charge in [-0.05, 0) is 24.8 Å². The minimum absolute atomic E-state index is 0.108. The van der Waals surface area contributed by atoms with E-state index in [9.17, 15) is 9.59 Å². The number of esters is 1. The number of nitrogens with zero attached hydrogens (tertiary/aromatic N) is 1. The van der Waals surface area contributed by atoms with Crippen molar-refractivity contribution in [3.8, 4) is 0 Å². The molecule has 114 valence electrons. The summed E-state index contributed by atoms with van der Waals surface area (Å²) in [6.07, 6.45) is 3.02. The molecule has 1 aliphatic rings. The summed E-state index contributed by atoms with van der Waals surface area (Å²) < 4.78 is 4.72. The summed E-state index contributed by atoms with van der Waals surface area (Å²) in [6, 6.07) is 9.19. The molecule has 0 aromatic heterocycles. The molecule has 2 atom stereocenters. The van der Waals surface area contributed by atoms with Gasteiger partial charge in [0, 0.05) is 12.6 Å². The first-order valence-electron chi connectivity index (χ1n) is 7.19. The number of likely N-dealkylation sites (tertiary alicyclic amines) is 1. The molecule has 1 aromatic rings. The normalized spacial score (nSPS) is 19.9. The Balaban J connectivity index is 2.09. The maximum atomic E-state index is 12.6. The molecule has 1 saturated heterocycles. The zero-order valence-electron chi connectivity index (χ0n) is 12.1. The third-order valence-corrected chi connectivity index (χ3v) is 4.29. The van der Waals surface area contributed by atoms with E-state index in [-0.39, 0.29) is 24.3 Å². The van der Waals surface area contributed by atoms with Gasteiger partial charge in [0.2, 0.25) is 5.91 Å². The molecule has 0 spiro atoms. The quantitative estimate of drug-likeness (QED) is 0.634. The van der Waals surface area contributed by atoms with Crippen molar-refractivity contribution >= 4 is 23.5 Å². The largest absolute Gasteiger partial charge is 0.469 e. The number of halogens is 1. The average Bonchev–Trinajstić information content (AvgIpc) is 2.54. The number of benzene rings is 1. The number of carbonyl (C=O) groups excluding carboxylic acids is 2. The van der Waals surface area contributed by atoms with Crippen LogP contribution in [0, 0.1) is 0 Å². The fraction of sp³-hybridized carbons (Fsp3) is 0.500. The van der Waals surface area contributed by atoms with Crippen LogP contribution >= 0.6 is 11.6 Å². The molecule has 0 saturated carbocycles. The molecular weight excluding hydrogens is 290 g/mol. The Labute approximate surface area is 130 Å². The summed E-state index contributed by atoms with van der Waals surface area (Å²) in [7, 11) is 1.37. The number of hydrogen-bond acceptors (Lipinski definition) is 3. The lowest BCUT2D eigenvalue weighted by atomic mass is 9.98. The van der Waals surface area contributed by atoms with Crippen molar-refractivity contribution in [2.75, 3.05) is 13.7 Å². The molecule has 1 amide bonds. The first-order valence-corrected chi connectivity index (χ1v) is 7.63. The molecule has 0 bridgehead atoms. The van der Waals surface area contributed by atoms with Gasteiger partial charge in [-0.25, -0.2) is 0 Å². The molecule has 0 N–H and O–H groups in total. The maximum absolute atomic E-state index is 12.6. The molecule has 1 aromatic carbocycles. The molecule has 1 aliphatic heterocycles. The van der Waals surface area contributed by atoms with Crippen LogP contribution in [-0.4, -0.2) is 36.5 Å². The van der Waals surface area contributed by atoms with E-state index in [1.54, 1.807) is 4.90 Å². The first kappa shape index (κ1) is 15.8. The van der Waals surface area contributed by atoms with Gasteiger partial charge < -0.3 is 9.64 Å². The monoisotopic (exact) mass is 309 g/mol. The molecule has 1 fully saturated rings. The third kappa shape index (κ3) is 3.97. The fourth-order valence-corrected chi connectivity index (χ4v) is 2.96. The van der Waals surface area contributed by atoms with E-state index in [1.807, 2.05) is 30.3 Å². The summed E-state index contributed by atoms with van der Waals surface area (Å²) in [6.45, 7) is 0.649. The van der Waals surface area contributed by atoms with Crippen molar-refractivity contribution in [3.63, 3.8) is 0 Å². The van der Waals surface area contributed by atoms with Crippen molar-refractivity contribution in [2.45, 2.75) is 37.1 Å². The van der Waals surface area contributed by atoms with Crippen LogP contribution in [-0.2, 0) is 14.3 Å². The lowest BCUT2D eigenvalue weighted by Gasteiger charge is -2.36. The van der Waals surface area contributed by atoms with E-state index in [1.165, 1.54) is 7.11 Å². The summed E-state index contributed by atoms with van der Waals surface area (Å²) in [5.74, 6) is -0.415. The predicted octanol–water partition coefficient (Wildman–Crippen LogP) is 2.91. The van der Waals surface area contributed by atoms with Gasteiger partial charge in [-0.3, -0.25) is 9.59 Å². The Bertz CT molecular complexity index is 492. The van der Waals surface area contributed by atoms with E-state index in [0.29, 0.717) is 6.54 Å². The molecule has 4 nitrogen and oxygen atoms in total. The molecule has 5 heteroatoms. The Morgan fingerprint density at radius 3 is 2.71 bits per heavy atom. The fourth-order valence-electron chi connectivity index (χ4n) is 2.69. The highest BCUT2D eigenvalue weighted by atomic mass is 35.5. The molecule has 21 heavy (non-hydrogen) atoms. The summed E-state index contributed by atoms with van der Waals surface area (Å²) in [5.41, 5.74) is 0.784. The van der Waals surface area contributed by atoms with E-state index in [0.717, 1.165) is 24.8 Å². The highest BCUT2D eigenvalue weighted by Crippen LogP contribution is 2.28. The van der Waals surface area contributed by atoms with Crippen LogP contribution < -0.4 is 0 Å². The van der Waals surface area contributed by atoms with Crippen molar-refractivity contribution < 1.29 is 14.3 Å². The van der Waals surface area contributed by atoms with Crippen molar-refractivity contribution in [2.24, 2.45) is 0 Å². The smallest absolute Gasteiger partial charge is 0.307 e. The summed E-state index contributed by atoms with van der Waals surface area (Å²) in [5, 5.41) is -0.704. The summed E-state index contributed by atoms with van der Waals surface area (Å²) in [4.78, 5) is 25.9. The van der Waals surface area contributed by atoms with Crippen molar-refractivity contribution in [1.82, 2.24) is 4.90 Å². The Kier molecular flexibility index (Phi) is 5.62. The second-order valence-electron chi connectivity index (χ2n) is 5.23. The lowest BCUT2D eigenvalue weighted by Crippen LogP contribution is -2.46. The van der Waals surface area contributed by atoms with Crippen LogP contribution in [0.5, 0.6) is 0 Å². The SMILES string of the molecule is COC(=O)CC1CCCCN1C(=O)C(Cl)c1ccccc1. The van der Waals surface area contributed by atoms with Crippen LogP contribution in [0.25, 0.3) is 0 Å². The van der Waals surface area contributed by atoms with Gasteiger partial charge >= 0.3 is 5.97 Å². The lowest BCUT2D eigenvalue weighted by molar-refractivity contribution is -0.144. The zero-order chi connectivity index (χ0) is 15.2. The van der Waals surface area contributed by atoms with Gasteiger partial charge in [-0.2, -0.15) is 0 Å². The molecule has 0 aliphatic carbocycles. The number of amides is 1. The second kappa shape index (κ2) is 7.46. The Morgan fingerprint density at radius 2 is 2.05 bits per heavy atom. The van der Waals surface area contributed by atoms with E-state index in [2.05, 4.69) is 0 Å². The van der Waals surface area contributed by atoms with Crippen LogP contribution in [0.3, 0.4) is 0 Å². The molecule has 2 unspecified atom stereocenters. The highest BCUT2D eigenvalue weighted by Gasteiger charge is 2.32. The number of alkyl halides is 1. The van der Waals surface area contributed by atoms with Crippen molar-refractivity contribution in [3.05, 3.63) is 35.9 Å². The van der Waals surface area contributed by atoms with Gasteiger partial charge in [0.05, 0.1) is 13.5 Å². The minimum Gasteiger partial charge on any atom is -0.469 e. The standard InChI is InChI=1S/C16H20ClNO3/c1-21-14(19)11-13-9-5-6-10-18(13)16(20)15(17)12-7-3-2-4-8-12/h2-4,7-8,13,15H,5-6,9-11H2,1H3. The van der Waals surface area contributed by atoms with Gasteiger partial charge in [0.25, 0.3) is 0 Å². The second-order valence-corrected chi connectivity index (χ2v) is 5.67. The molecule has 1 heterocycles. The molecule has 2 rings (SSSR count). The van der Waals surface area contributed by atoms with Crippen LogP contribution in [0.15, 0.2) is 30.3 Å². The topological polar surface area (TPSA) is 46.6 Å². The average molecular weight is 310 g/mol. The van der Waals surface area contributed by atoms with Gasteiger partial charge in [0.1, 0.15) is 5.38 Å². The number of hydrogen-bond donors (Lipinski definition) is 0. The molecular formula is C16H20ClNO3. The van der Waals surface area contributed by atoms with Gasteiger partial charge in [0.15, 0.2) is 0 Å². The number of rotatable bonds is 4. The van der Waals surface area contributed by atoms with E-state index in [4.69, 9.17) is 16.3 Å². The number of ether oxygens (including phenoxy) is 1. The van der Waals surface area contributed by atoms with Crippen LogP contribution in [0.1, 0.15) is 36.6 Å². The van der Waals surface area contributed by atoms with E-state index >= 15 is 0 Å². The van der Waals surface area contributed by atoms with Crippen LogP contribution in [0.2, 0.25) is 0 Å². The van der Waals surface area contributed by atoms with Crippen molar-refractivity contribution in [1.29, 1.82) is 0 Å². The Morgan fingerprint density at radius 1 is 1.33 bits per heavy atom. The van der Waals surface area contributed by atoms with Gasteiger partial charge in [-0.15, -0.1) is 11.6 Å². The first-order chi connectivity index (χ1) is 10.1. The number of methoxy groups -OCH3 is 1. The van der Waals surface area contributed by atoms with E-state index < -0.39 is 5.38 Å². The maximum Gasteiger partial charge on any atom is 0.307 e. The van der Waals surface area contributed by atoms with Gasteiger partial charge in [-0.1, -0.05) is 30.3 Å². The zero-order valence-corrected chi connectivity index (χ0v) is 12.9. The third-order valence-electron chi connectivity index (χ3n) is 3.85. The highest BCUT2D eigenvalue weighted by molar-refractivity contribution is 6.30. The predicted molar refractivity (Wildman–Crippen MR) is 81.0 cm³/mol. The summed E-state index contributed by atoms with van der Waals surface area (Å²) >= 11 is 6.32. The Hall–Kier alpha value is -1.55.